The predicted octanol–water partition coefficient (Wildman–Crippen LogP) is 11.5. The number of hydrogen-bond donors (Lipinski definition) is 7. The number of nitrogen functional groups attached to an aromatic ring is 3. The summed E-state index contributed by atoms with van der Waals surface area (Å²) in [6.07, 6.45) is 12.7. The summed E-state index contributed by atoms with van der Waals surface area (Å²) in [6, 6.07) is 51.0. The van der Waals surface area contributed by atoms with Crippen molar-refractivity contribution in [1.29, 1.82) is 0 Å². The minimum Gasteiger partial charge on any atom is -0.870 e. The normalized spacial score (nSPS) is 11.2. The number of alkyl halides is 1. The van der Waals surface area contributed by atoms with Crippen LogP contribution in [0, 0.1) is 29.1 Å². The Morgan fingerprint density at radius 2 is 0.741 bits per heavy atom. The number of pyridine rings is 7. The smallest absolute Gasteiger partial charge is 0.870 e. The molecule has 0 bridgehead atoms. The van der Waals surface area contributed by atoms with Gasteiger partial charge in [0.05, 0.1) is 89.8 Å². The van der Waals surface area contributed by atoms with Crippen molar-refractivity contribution in [2.75, 3.05) is 72.3 Å². The van der Waals surface area contributed by atoms with Gasteiger partial charge >= 0.3 is 43.9 Å². The molecule has 0 saturated carbocycles. The Kier molecular flexibility index (Phi) is 50.7. The Morgan fingerprint density at radius 1 is 0.424 bits per heavy atom. The molecule has 8 heterocycles. The summed E-state index contributed by atoms with van der Waals surface area (Å²) in [7, 11) is 9.76. The van der Waals surface area contributed by atoms with Crippen LogP contribution in [0.5, 0.6) is 34.5 Å². The van der Waals surface area contributed by atoms with E-state index in [1.54, 1.807) is 86.3 Å². The van der Waals surface area contributed by atoms with E-state index in [9.17, 15) is 55.5 Å². The van der Waals surface area contributed by atoms with Crippen molar-refractivity contribution < 1.29 is 129 Å². The first-order valence-corrected chi connectivity index (χ1v) is 42.7. The molecule has 40 heteroatoms. The molecule has 13 aromatic rings. The maximum Gasteiger partial charge on any atom is 1.00 e. The van der Waals surface area contributed by atoms with E-state index in [2.05, 4.69) is 50.7 Å². The molecule has 0 radical (unpaired) electrons. The second-order valence-corrected chi connectivity index (χ2v) is 30.6. The van der Waals surface area contributed by atoms with Crippen LogP contribution in [-0.2, 0) is 69.6 Å². The van der Waals surface area contributed by atoms with Gasteiger partial charge in [-0.2, -0.15) is 0 Å². The van der Waals surface area contributed by atoms with E-state index in [-0.39, 0.29) is 112 Å². The number of esters is 2. The minimum atomic E-state index is -1.02. The topological polar surface area (TPSA) is 481 Å². The number of nitrogens with one attached hydrogen (secondary N) is 1. The first kappa shape index (κ1) is 119. The van der Waals surface area contributed by atoms with E-state index in [0.717, 1.165) is 44.4 Å². The molecule has 1 saturated heterocycles. The van der Waals surface area contributed by atoms with Crippen LogP contribution in [0.25, 0.3) is 0 Å². The van der Waals surface area contributed by atoms with Gasteiger partial charge in [-0.1, -0.05) is 40.2 Å². The largest absolute Gasteiger partial charge is 1.00 e. The number of aromatic carboxylic acids is 1. The summed E-state index contributed by atoms with van der Waals surface area (Å²) in [5.74, 6) is 0.633. The number of anilines is 4. The SMILES string of the molecule is CC1(C)OB(c2ccc(N)nc2)OC1(C)C.CCn1cc(C(=O)Nc2ccc(Cc3cc(F)cc(OC)c3)cn2)ccc1=O.CCn1cc(C(=O)O)ccc1=O.CCn1cc(C(=O)OC)ccc1=O.COC(=O)c1ccc(O)cc1.COc1cc(F)cc(CBr)c1.COc1cc(F)cc(CO)c1.COc1cc(F)cc(Cc2ccc(N)nc2)c1.COc1cc(F)cc(Cc2ccc(N)nc2)c1.O.[Li+].[OH-]. The molecule has 7 aromatic heterocycles. The van der Waals surface area contributed by atoms with E-state index < -0.39 is 23.7 Å². The number of aliphatic hydroxyl groups excluding tert-OH is 1. The molecular formula is C99H111BBrF5LiN11O21. The van der Waals surface area contributed by atoms with Crippen molar-refractivity contribution in [3.05, 3.63) is 370 Å². The van der Waals surface area contributed by atoms with E-state index >= 15 is 0 Å². The molecular weight excluding hydrogens is 1870 g/mol. The van der Waals surface area contributed by atoms with E-state index in [1.165, 1.54) is 203 Å². The molecule has 14 rings (SSSR count). The summed E-state index contributed by atoms with van der Waals surface area (Å²) in [5, 5.41) is 29.4. The van der Waals surface area contributed by atoms with E-state index in [4.69, 9.17) is 65.5 Å². The third-order valence-electron chi connectivity index (χ3n) is 19.7. The maximum atomic E-state index is 13.6. The third-order valence-corrected chi connectivity index (χ3v) is 20.3. The number of hydrogen-bond acceptors (Lipinski definition) is 26. The van der Waals surface area contributed by atoms with Gasteiger partial charge in [0.1, 0.15) is 86.9 Å². The van der Waals surface area contributed by atoms with Crippen LogP contribution in [0.2, 0.25) is 0 Å². The molecule has 0 unspecified atom stereocenters. The number of aliphatic hydroxyl groups is 1. The molecule has 0 spiro atoms. The number of phenols is 1. The average Bonchev–Trinajstić information content (AvgIpc) is 1.62. The second-order valence-electron chi connectivity index (χ2n) is 30.1. The van der Waals surface area contributed by atoms with Gasteiger partial charge in [0.2, 0.25) is 0 Å². The van der Waals surface area contributed by atoms with Gasteiger partial charge in [0.25, 0.3) is 22.6 Å². The molecule has 6 aromatic carbocycles. The zero-order chi connectivity index (χ0) is 100. The van der Waals surface area contributed by atoms with Gasteiger partial charge in [0.15, 0.2) is 0 Å². The first-order valence-electron chi connectivity index (χ1n) is 41.6. The van der Waals surface area contributed by atoms with E-state index in [0.29, 0.717) is 118 Å². The number of nitrogens with two attached hydrogens (primary N) is 3. The van der Waals surface area contributed by atoms with Gasteiger partial charge < -0.3 is 105 Å². The fourth-order valence-electron chi connectivity index (χ4n) is 11.8. The number of benzene rings is 6. The Labute approximate surface area is 820 Å². The van der Waals surface area contributed by atoms with Crippen LogP contribution >= 0.6 is 15.9 Å². The van der Waals surface area contributed by atoms with Crippen LogP contribution in [-0.4, -0.2) is 152 Å². The number of carboxylic acids is 1. The van der Waals surface area contributed by atoms with Crippen molar-refractivity contribution in [1.82, 2.24) is 33.6 Å². The van der Waals surface area contributed by atoms with Crippen LogP contribution in [0.4, 0.5) is 45.2 Å². The summed E-state index contributed by atoms with van der Waals surface area (Å²) in [6.45, 7) is 14.9. The number of amides is 1. The van der Waals surface area contributed by atoms with Crippen molar-refractivity contribution in [3.8, 4) is 34.5 Å². The molecule has 0 atom stereocenters. The molecule has 1 amide bonds. The zero-order valence-electron chi connectivity index (χ0n) is 79.3. The minimum absolute atomic E-state index is 0. The number of aromatic nitrogens is 7. The number of rotatable bonds is 22. The monoisotopic (exact) mass is 1980 g/mol. The van der Waals surface area contributed by atoms with Gasteiger partial charge in [0, 0.05) is 122 Å². The van der Waals surface area contributed by atoms with Gasteiger partial charge in [-0.25, -0.2) is 56.3 Å². The number of carbonyl (C=O) groups is 4. The molecule has 1 aliphatic heterocycles. The summed E-state index contributed by atoms with van der Waals surface area (Å²) in [4.78, 5) is 94.7. The van der Waals surface area contributed by atoms with E-state index in [1.807, 2.05) is 65.8 Å². The molecule has 139 heavy (non-hydrogen) atoms. The fraction of sp³-hybridized carbons (Fsp3) is 0.242. The van der Waals surface area contributed by atoms with Crippen LogP contribution in [0.15, 0.2) is 258 Å². The molecule has 1 aliphatic rings. The number of ether oxygens (including phenoxy) is 7. The molecule has 0 aliphatic carbocycles. The third kappa shape index (κ3) is 40.0. The first-order chi connectivity index (χ1) is 64.7. The van der Waals surface area contributed by atoms with Crippen molar-refractivity contribution >= 4 is 75.6 Å². The Morgan fingerprint density at radius 3 is 1.07 bits per heavy atom. The van der Waals surface area contributed by atoms with Crippen molar-refractivity contribution in [2.45, 2.75) is 111 Å². The van der Waals surface area contributed by atoms with Gasteiger partial charge in [-0.15, -0.1) is 0 Å². The van der Waals surface area contributed by atoms with Crippen LogP contribution in [0.1, 0.15) is 134 Å². The number of halogens is 6. The predicted molar refractivity (Wildman–Crippen MR) is 518 cm³/mol. The van der Waals surface area contributed by atoms with Crippen molar-refractivity contribution in [2.24, 2.45) is 0 Å². The Hall–Kier alpha value is -14.6. The molecule has 1 fully saturated rings. The summed E-state index contributed by atoms with van der Waals surface area (Å²) >= 11 is 3.23. The molecule has 734 valence electrons. The molecule has 13 N–H and O–H groups in total. The Balaban J connectivity index is 0.000000409. The average molecular weight is 1980 g/mol. The Bertz CT molecular complexity index is 6050. The summed E-state index contributed by atoms with van der Waals surface area (Å²) < 4.78 is 115. The summed E-state index contributed by atoms with van der Waals surface area (Å²) in [5.41, 5.74) is 24.3. The van der Waals surface area contributed by atoms with Crippen molar-refractivity contribution in [3.63, 3.8) is 0 Å². The molecule has 32 nitrogen and oxygen atoms in total. The number of aryl methyl sites for hydroxylation is 3. The quantitative estimate of drug-likeness (QED) is 0.0143. The van der Waals surface area contributed by atoms with Gasteiger partial charge in [-0.05, 0) is 240 Å². The number of methoxy groups -OCH3 is 7. The van der Waals surface area contributed by atoms with Gasteiger partial charge in [-0.3, -0.25) is 19.2 Å². The fourth-order valence-corrected chi connectivity index (χ4v) is 12.2. The van der Waals surface area contributed by atoms with Crippen LogP contribution < -0.4 is 87.2 Å². The number of phenolic OH excluding ortho intramolecular Hbond substituents is 1. The zero-order valence-corrected chi connectivity index (χ0v) is 80.9. The second kappa shape index (κ2) is 59.4. The number of carboxylic acid groups (broad SMARTS) is 1. The van der Waals surface area contributed by atoms with Crippen LogP contribution in [0.3, 0.4) is 0 Å². The number of aromatic hydroxyl groups is 1. The number of carbonyl (C=O) groups excluding carboxylic acids is 3. The number of nitrogens with zero attached hydrogens (tertiary/aromatic N) is 7. The maximum absolute atomic E-state index is 13.6. The standard InChI is InChI=1S/C21H20FN3O3.2C13H13FN2O.C11H17BN2O2.C9H11NO3.C8H8BrFO.C8H9FO2.C8H9NO3.C8H8O3.Li.2H2O/c1-3-25-13-16(5-7-20(25)26)21(27)24-19-6-4-14(12-23-19)8-15-9-17(22)11-18(10-15)28-2;2*1-17-12-6-10(5-11(14)7-12)4-9-2-3-13(15)16-8-9;1-10(2)11(3,4)16-12(15-10)8-5-6-9(13)14-7-8;1-3-10-6-7(9(12)13-2)4-5-8(10)11;1-11-8-3-6(5-9)2-7(10)4-8;1-11-8-3-6(5-10)2-7(9)4-8;1-2-9-5-6(8(11)12)3-4-7(9)10;1-11-8(10)6-2-4-7(9)5-3-6;;;/h4-7,9-13H,3,8H2,1-2H3,(H,23,24,27);2*2-3,5-8H,4H2,1H3,(H2,15,16);5-7H,1-4H3,(H2,13,14);4-6H,3H2,1-2H3;2-4H,5H2,1H3;2-4,10H,5H2,1H3;3-5H,2H2,1H3,(H,11,12);2-5,9H,1H3;;2*1H2/q;;;;;;;;;+1;;/p-1.